The van der Waals surface area contributed by atoms with Crippen molar-refractivity contribution in [3.05, 3.63) is 11.6 Å². The molecule has 9 nitrogen and oxygen atoms in total. The van der Waals surface area contributed by atoms with E-state index >= 15 is 0 Å². The molecule has 43 heavy (non-hydrogen) atoms. The Morgan fingerprint density at radius 1 is 1.05 bits per heavy atom. The van der Waals surface area contributed by atoms with Crippen molar-refractivity contribution >= 4 is 12.1 Å². The van der Waals surface area contributed by atoms with Crippen LogP contribution in [-0.4, -0.2) is 68.2 Å². The standard InChI is InChI=1S/C34H57NO8/c1-20(2)7-6-8-21(3)25-11-12-26-24-10-9-22-19-23(13-15-32(22,4)27(24)14-16-33(25,26)5)43-31(41)35-18-17-34(42,30(39)40)28(36)29(37)38/h9,20-21,23-29,36-38,42H,6-8,10-19H2,1-5H3,(H,35,41)(H,39,40)/t21-,23-,24?,25+,26?,27?,28?,32-,33+,34?/m0/s1. The summed E-state index contributed by atoms with van der Waals surface area (Å²) in [5.41, 5.74) is -0.853. The zero-order chi connectivity index (χ0) is 31.7. The third-order valence-electron chi connectivity index (χ3n) is 12.5. The molecule has 0 saturated heterocycles. The predicted molar refractivity (Wildman–Crippen MR) is 163 cm³/mol. The number of hydrogen-bond acceptors (Lipinski definition) is 7. The molecule has 0 bridgehead atoms. The van der Waals surface area contributed by atoms with Gasteiger partial charge in [0, 0.05) is 19.4 Å². The fraction of sp³-hybridized carbons (Fsp3) is 0.882. The average Bonchev–Trinajstić information content (AvgIpc) is 3.29. The van der Waals surface area contributed by atoms with E-state index in [-0.39, 0.29) is 18.1 Å². The minimum Gasteiger partial charge on any atom is -0.479 e. The third-order valence-corrected chi connectivity index (χ3v) is 12.5. The Morgan fingerprint density at radius 2 is 1.77 bits per heavy atom. The zero-order valence-corrected chi connectivity index (χ0v) is 26.9. The van der Waals surface area contributed by atoms with E-state index < -0.39 is 36.5 Å². The van der Waals surface area contributed by atoms with Gasteiger partial charge in [-0.1, -0.05) is 65.5 Å². The molecule has 0 radical (unpaired) electrons. The van der Waals surface area contributed by atoms with Crippen LogP contribution >= 0.6 is 0 Å². The number of rotatable bonds is 12. The molecule has 0 aromatic rings. The van der Waals surface area contributed by atoms with Gasteiger partial charge in [-0.3, -0.25) is 0 Å². The third kappa shape index (κ3) is 6.80. The zero-order valence-electron chi connectivity index (χ0n) is 26.9. The SMILES string of the molecule is CC(C)CCC[C@H](C)[C@H]1CCC2C3CC=C4C[C@@H](OC(=O)NCCC(O)(C(=O)O)C(O)C(O)O)CC[C@]4(C)C3CC[C@@]21C. The fourth-order valence-corrected chi connectivity index (χ4v) is 9.93. The van der Waals surface area contributed by atoms with Crippen LogP contribution in [-0.2, 0) is 9.53 Å². The Hall–Kier alpha value is -1.68. The van der Waals surface area contributed by atoms with Crippen molar-refractivity contribution in [1.82, 2.24) is 5.32 Å². The summed E-state index contributed by atoms with van der Waals surface area (Å²) < 4.78 is 5.70. The molecule has 5 unspecified atom stereocenters. The Morgan fingerprint density at radius 3 is 2.42 bits per heavy atom. The van der Waals surface area contributed by atoms with Gasteiger partial charge in [-0.2, -0.15) is 0 Å². The molecule has 4 aliphatic carbocycles. The van der Waals surface area contributed by atoms with Crippen molar-refractivity contribution in [2.75, 3.05) is 6.54 Å². The van der Waals surface area contributed by atoms with Crippen molar-refractivity contribution in [2.45, 2.75) is 136 Å². The highest BCUT2D eigenvalue weighted by Gasteiger charge is 2.59. The van der Waals surface area contributed by atoms with Gasteiger partial charge in [0.15, 0.2) is 11.9 Å². The second kappa shape index (κ2) is 13.4. The number of aliphatic hydroxyl groups is 4. The monoisotopic (exact) mass is 607 g/mol. The number of carbonyl (C=O) groups is 2. The van der Waals surface area contributed by atoms with Gasteiger partial charge < -0.3 is 35.6 Å². The summed E-state index contributed by atoms with van der Waals surface area (Å²) in [4.78, 5) is 24.0. The maximum Gasteiger partial charge on any atom is 0.407 e. The Balaban J connectivity index is 1.33. The fourth-order valence-electron chi connectivity index (χ4n) is 9.93. The average molecular weight is 608 g/mol. The van der Waals surface area contributed by atoms with E-state index in [1.165, 1.54) is 50.5 Å². The van der Waals surface area contributed by atoms with Crippen molar-refractivity contribution in [2.24, 2.45) is 46.3 Å². The predicted octanol–water partition coefficient (Wildman–Crippen LogP) is 5.00. The molecule has 1 amide bonds. The first-order chi connectivity index (χ1) is 20.1. The summed E-state index contributed by atoms with van der Waals surface area (Å²) in [6.07, 6.45) is 8.92. The van der Waals surface area contributed by atoms with E-state index in [1.807, 2.05) is 0 Å². The van der Waals surface area contributed by atoms with Gasteiger partial charge in [0.25, 0.3) is 0 Å². The van der Waals surface area contributed by atoms with E-state index in [0.717, 1.165) is 48.9 Å². The lowest BCUT2D eigenvalue weighted by molar-refractivity contribution is -0.211. The van der Waals surface area contributed by atoms with Gasteiger partial charge in [0.2, 0.25) is 0 Å². The topological polar surface area (TPSA) is 157 Å². The van der Waals surface area contributed by atoms with E-state index in [0.29, 0.717) is 17.8 Å². The molecule has 0 aromatic heterocycles. The summed E-state index contributed by atoms with van der Waals surface area (Å²) in [6.45, 7) is 11.9. The number of amides is 1. The highest BCUT2D eigenvalue weighted by molar-refractivity contribution is 5.78. The molecular weight excluding hydrogens is 550 g/mol. The maximum absolute atomic E-state index is 12.5. The summed E-state index contributed by atoms with van der Waals surface area (Å²) in [7, 11) is 0. The molecule has 0 spiro atoms. The van der Waals surface area contributed by atoms with Gasteiger partial charge in [-0.05, 0) is 91.3 Å². The molecule has 0 aliphatic heterocycles. The molecule has 0 heterocycles. The van der Waals surface area contributed by atoms with E-state index in [4.69, 9.17) is 14.9 Å². The number of aliphatic carboxylic acids is 1. The van der Waals surface area contributed by atoms with Gasteiger partial charge in [-0.25, -0.2) is 9.59 Å². The van der Waals surface area contributed by atoms with Gasteiger partial charge >= 0.3 is 12.1 Å². The molecular formula is C34H57NO8. The van der Waals surface area contributed by atoms with Crippen molar-refractivity contribution in [3.63, 3.8) is 0 Å². The van der Waals surface area contributed by atoms with Gasteiger partial charge in [0.1, 0.15) is 12.2 Å². The van der Waals surface area contributed by atoms with Crippen LogP contribution in [0.2, 0.25) is 0 Å². The maximum atomic E-state index is 12.5. The summed E-state index contributed by atoms with van der Waals surface area (Å²) >= 11 is 0. The number of nitrogens with one attached hydrogen (secondary N) is 1. The van der Waals surface area contributed by atoms with Crippen LogP contribution in [0, 0.1) is 46.3 Å². The molecule has 6 N–H and O–H groups in total. The molecule has 3 fully saturated rings. The minimum atomic E-state index is -2.82. The highest BCUT2D eigenvalue weighted by Crippen LogP contribution is 2.67. The number of hydrogen-bond donors (Lipinski definition) is 6. The lowest BCUT2D eigenvalue weighted by Gasteiger charge is -2.58. The summed E-state index contributed by atoms with van der Waals surface area (Å²) in [6, 6.07) is 0. The van der Waals surface area contributed by atoms with Crippen LogP contribution in [0.3, 0.4) is 0 Å². The molecule has 246 valence electrons. The van der Waals surface area contributed by atoms with Crippen LogP contribution < -0.4 is 5.32 Å². The smallest absolute Gasteiger partial charge is 0.407 e. The van der Waals surface area contributed by atoms with E-state index in [9.17, 15) is 24.9 Å². The van der Waals surface area contributed by atoms with Crippen molar-refractivity contribution in [3.8, 4) is 0 Å². The Kier molecular flexibility index (Phi) is 10.6. The largest absolute Gasteiger partial charge is 0.479 e. The summed E-state index contributed by atoms with van der Waals surface area (Å²) in [5, 5.41) is 49.9. The van der Waals surface area contributed by atoms with Crippen LogP contribution in [0.25, 0.3) is 0 Å². The molecule has 4 aliphatic rings. The quantitative estimate of drug-likeness (QED) is 0.134. The number of ether oxygens (including phenoxy) is 1. The molecule has 4 rings (SSSR count). The first-order valence-electron chi connectivity index (χ1n) is 16.8. The molecule has 0 aromatic carbocycles. The second-order valence-electron chi connectivity index (χ2n) is 15.3. The van der Waals surface area contributed by atoms with Crippen LogP contribution in [0.5, 0.6) is 0 Å². The van der Waals surface area contributed by atoms with E-state index in [1.54, 1.807) is 0 Å². The number of allylic oxidation sites excluding steroid dienone is 1. The van der Waals surface area contributed by atoms with Gasteiger partial charge in [-0.15, -0.1) is 0 Å². The van der Waals surface area contributed by atoms with Crippen LogP contribution in [0.1, 0.15) is 112 Å². The Bertz CT molecular complexity index is 1030. The van der Waals surface area contributed by atoms with Crippen LogP contribution in [0.4, 0.5) is 4.79 Å². The number of fused-ring (bicyclic) bond motifs is 5. The van der Waals surface area contributed by atoms with E-state index in [2.05, 4.69) is 46.0 Å². The number of carboxylic acid groups (broad SMARTS) is 1. The first-order valence-corrected chi connectivity index (χ1v) is 16.8. The molecule has 9 heteroatoms. The normalized spacial score (nSPS) is 36.5. The lowest BCUT2D eigenvalue weighted by atomic mass is 9.47. The highest BCUT2D eigenvalue weighted by atomic mass is 16.6. The molecule has 3 saturated carbocycles. The Labute approximate surface area is 257 Å². The van der Waals surface area contributed by atoms with Crippen molar-refractivity contribution in [1.29, 1.82) is 0 Å². The number of alkyl carbamates (subject to hydrolysis) is 1. The number of carboxylic acids is 1. The number of carbonyl (C=O) groups excluding carboxylic acids is 1. The van der Waals surface area contributed by atoms with Gasteiger partial charge in [0.05, 0.1) is 0 Å². The summed E-state index contributed by atoms with van der Waals surface area (Å²) in [5.74, 6) is 2.76. The second-order valence-corrected chi connectivity index (χ2v) is 15.3. The minimum absolute atomic E-state index is 0.126. The van der Waals surface area contributed by atoms with Crippen molar-refractivity contribution < 1.29 is 39.9 Å². The number of aliphatic hydroxyl groups excluding tert-OH is 2. The molecule has 10 atom stereocenters. The lowest BCUT2D eigenvalue weighted by Crippen LogP contribution is -2.56. The first kappa shape index (κ1) is 34.2. The van der Waals surface area contributed by atoms with Crippen LogP contribution in [0.15, 0.2) is 11.6 Å².